The van der Waals surface area contributed by atoms with E-state index in [9.17, 15) is 4.39 Å². The Balaban J connectivity index is 1.65. The van der Waals surface area contributed by atoms with Crippen molar-refractivity contribution in [3.8, 4) is 11.5 Å². The van der Waals surface area contributed by atoms with Crippen LogP contribution in [0.5, 0.6) is 0 Å². The molecule has 114 valence electrons. The molecule has 0 N–H and O–H groups in total. The third-order valence-electron chi connectivity index (χ3n) is 3.32. The minimum Gasteiger partial charge on any atom is -0.463 e. The molecular formula is C16H11FN4OS. The number of benzene rings is 1. The molecule has 0 radical (unpaired) electrons. The summed E-state index contributed by atoms with van der Waals surface area (Å²) in [6.07, 6.45) is 1.60. The summed E-state index contributed by atoms with van der Waals surface area (Å²) in [6.45, 7) is 0. The highest BCUT2D eigenvalue weighted by atomic mass is 32.2. The summed E-state index contributed by atoms with van der Waals surface area (Å²) in [5.74, 6) is 0.906. The van der Waals surface area contributed by atoms with Gasteiger partial charge in [0.25, 0.3) is 0 Å². The summed E-state index contributed by atoms with van der Waals surface area (Å²) < 4.78 is 20.7. The van der Waals surface area contributed by atoms with Crippen molar-refractivity contribution >= 4 is 17.4 Å². The van der Waals surface area contributed by atoms with Crippen molar-refractivity contribution in [1.29, 1.82) is 0 Å². The number of aromatic nitrogens is 4. The van der Waals surface area contributed by atoms with Crippen molar-refractivity contribution in [2.45, 2.75) is 10.9 Å². The van der Waals surface area contributed by atoms with Gasteiger partial charge in [0.15, 0.2) is 11.4 Å². The average Bonchev–Trinajstić information content (AvgIpc) is 3.23. The minimum atomic E-state index is -0.224. The summed E-state index contributed by atoms with van der Waals surface area (Å²) in [7, 11) is 0. The predicted molar refractivity (Wildman–Crippen MR) is 84.4 cm³/mol. The Labute approximate surface area is 135 Å². The van der Waals surface area contributed by atoms with Crippen molar-refractivity contribution < 1.29 is 8.81 Å². The third-order valence-corrected chi connectivity index (χ3v) is 4.29. The smallest absolute Gasteiger partial charge is 0.212 e. The minimum absolute atomic E-state index is 0.224. The zero-order valence-electron chi connectivity index (χ0n) is 11.9. The summed E-state index contributed by atoms with van der Waals surface area (Å²) in [6, 6.07) is 14.0. The van der Waals surface area contributed by atoms with Gasteiger partial charge in [-0.05, 0) is 35.9 Å². The predicted octanol–water partition coefficient (Wildman–Crippen LogP) is 3.82. The second-order valence-corrected chi connectivity index (χ2v) is 5.77. The van der Waals surface area contributed by atoms with Crippen molar-refractivity contribution in [2.75, 3.05) is 0 Å². The van der Waals surface area contributed by atoms with Crippen LogP contribution in [0.3, 0.4) is 0 Å². The zero-order valence-corrected chi connectivity index (χ0v) is 12.7. The van der Waals surface area contributed by atoms with Crippen molar-refractivity contribution in [3.05, 3.63) is 66.2 Å². The molecule has 0 aliphatic heterocycles. The van der Waals surface area contributed by atoms with Crippen LogP contribution >= 0.6 is 11.8 Å². The monoisotopic (exact) mass is 326 g/mol. The Bertz CT molecular complexity index is 952. The highest BCUT2D eigenvalue weighted by molar-refractivity contribution is 7.98. The molecule has 0 aliphatic carbocycles. The molecule has 0 saturated heterocycles. The Morgan fingerprint density at radius 1 is 1.04 bits per heavy atom. The standard InChI is InChI=1S/C16H11FN4OS/c17-12-5-2-1-4-11(12)10-23-16-19-18-15-8-7-13(20-21(15)16)14-6-3-9-22-14/h1-9H,10H2. The summed E-state index contributed by atoms with van der Waals surface area (Å²) in [4.78, 5) is 0. The number of fused-ring (bicyclic) bond motifs is 1. The van der Waals surface area contributed by atoms with Gasteiger partial charge in [-0.1, -0.05) is 30.0 Å². The molecule has 3 aromatic heterocycles. The van der Waals surface area contributed by atoms with Gasteiger partial charge in [-0.2, -0.15) is 9.61 Å². The third kappa shape index (κ3) is 2.70. The van der Waals surface area contributed by atoms with E-state index in [1.165, 1.54) is 17.8 Å². The van der Waals surface area contributed by atoms with Gasteiger partial charge in [0.2, 0.25) is 5.16 Å². The van der Waals surface area contributed by atoms with Crippen LogP contribution in [0, 0.1) is 5.82 Å². The molecule has 0 spiro atoms. The second kappa shape index (κ2) is 5.85. The fourth-order valence-corrected chi connectivity index (χ4v) is 3.05. The molecule has 23 heavy (non-hydrogen) atoms. The fourth-order valence-electron chi connectivity index (χ4n) is 2.17. The first-order valence-corrected chi connectivity index (χ1v) is 7.92. The molecule has 0 saturated carbocycles. The van der Waals surface area contributed by atoms with Gasteiger partial charge < -0.3 is 4.42 Å². The van der Waals surface area contributed by atoms with Gasteiger partial charge >= 0.3 is 0 Å². The molecule has 1 aromatic carbocycles. The quantitative estimate of drug-likeness (QED) is 0.534. The molecule has 0 bridgehead atoms. The van der Waals surface area contributed by atoms with E-state index >= 15 is 0 Å². The van der Waals surface area contributed by atoms with Crippen LogP contribution in [0.2, 0.25) is 0 Å². The Kier molecular flexibility index (Phi) is 3.55. The number of rotatable bonds is 4. The van der Waals surface area contributed by atoms with Gasteiger partial charge in [0.05, 0.1) is 6.26 Å². The van der Waals surface area contributed by atoms with E-state index in [0.29, 0.717) is 33.6 Å². The number of thioether (sulfide) groups is 1. The van der Waals surface area contributed by atoms with Crippen molar-refractivity contribution in [1.82, 2.24) is 19.8 Å². The lowest BCUT2D eigenvalue weighted by atomic mass is 10.2. The topological polar surface area (TPSA) is 56.2 Å². The maximum atomic E-state index is 13.7. The molecule has 0 aliphatic rings. The molecule has 0 unspecified atom stereocenters. The van der Waals surface area contributed by atoms with E-state index in [2.05, 4.69) is 15.3 Å². The zero-order chi connectivity index (χ0) is 15.6. The SMILES string of the molecule is Fc1ccccc1CSc1nnc2ccc(-c3ccco3)nn12. The number of hydrogen-bond donors (Lipinski definition) is 0. The van der Waals surface area contributed by atoms with Crippen molar-refractivity contribution in [2.24, 2.45) is 0 Å². The van der Waals surface area contributed by atoms with E-state index in [0.717, 1.165) is 0 Å². The van der Waals surface area contributed by atoms with Gasteiger partial charge in [-0.3, -0.25) is 0 Å². The maximum Gasteiger partial charge on any atom is 0.212 e. The number of nitrogens with zero attached hydrogens (tertiary/aromatic N) is 4. The lowest BCUT2D eigenvalue weighted by Crippen LogP contribution is -1.96. The van der Waals surface area contributed by atoms with Gasteiger partial charge in [0.1, 0.15) is 11.5 Å². The van der Waals surface area contributed by atoms with E-state index in [1.807, 2.05) is 24.3 Å². The highest BCUT2D eigenvalue weighted by Gasteiger charge is 2.11. The first kappa shape index (κ1) is 14.0. The molecule has 0 fully saturated rings. The largest absolute Gasteiger partial charge is 0.463 e. The van der Waals surface area contributed by atoms with Gasteiger partial charge in [-0.25, -0.2) is 4.39 Å². The fraction of sp³-hybridized carbons (Fsp3) is 0.0625. The Morgan fingerprint density at radius 2 is 1.96 bits per heavy atom. The van der Waals surface area contributed by atoms with Crippen LogP contribution in [0.25, 0.3) is 17.1 Å². The molecule has 0 amide bonds. The van der Waals surface area contributed by atoms with Crippen LogP contribution in [-0.2, 0) is 5.75 Å². The molecule has 4 rings (SSSR count). The number of furan rings is 1. The summed E-state index contributed by atoms with van der Waals surface area (Å²) >= 11 is 1.39. The van der Waals surface area contributed by atoms with E-state index in [1.54, 1.807) is 29.0 Å². The Hall–Kier alpha value is -2.67. The second-order valence-electron chi connectivity index (χ2n) is 4.83. The molecule has 7 heteroatoms. The Morgan fingerprint density at radius 3 is 2.78 bits per heavy atom. The van der Waals surface area contributed by atoms with E-state index in [4.69, 9.17) is 4.42 Å². The van der Waals surface area contributed by atoms with Crippen LogP contribution in [-0.4, -0.2) is 19.8 Å². The van der Waals surface area contributed by atoms with Gasteiger partial charge in [-0.15, -0.1) is 10.2 Å². The van der Waals surface area contributed by atoms with Crippen LogP contribution < -0.4 is 0 Å². The van der Waals surface area contributed by atoms with Crippen LogP contribution in [0.1, 0.15) is 5.56 Å². The van der Waals surface area contributed by atoms with Crippen LogP contribution in [0.4, 0.5) is 4.39 Å². The lowest BCUT2D eigenvalue weighted by Gasteiger charge is -2.02. The molecular weight excluding hydrogens is 315 g/mol. The molecule has 0 atom stereocenters. The molecule has 5 nitrogen and oxygen atoms in total. The highest BCUT2D eigenvalue weighted by Crippen LogP contribution is 2.24. The first-order valence-electron chi connectivity index (χ1n) is 6.94. The maximum absolute atomic E-state index is 13.7. The van der Waals surface area contributed by atoms with Crippen LogP contribution in [0.15, 0.2) is 64.4 Å². The lowest BCUT2D eigenvalue weighted by molar-refractivity contribution is 0.577. The van der Waals surface area contributed by atoms with Crippen molar-refractivity contribution in [3.63, 3.8) is 0 Å². The number of halogens is 1. The van der Waals surface area contributed by atoms with E-state index in [-0.39, 0.29) is 5.82 Å². The first-order chi connectivity index (χ1) is 11.3. The molecule has 4 aromatic rings. The number of hydrogen-bond acceptors (Lipinski definition) is 5. The van der Waals surface area contributed by atoms with Gasteiger partial charge in [0, 0.05) is 5.75 Å². The average molecular weight is 326 g/mol. The molecule has 3 heterocycles. The summed E-state index contributed by atoms with van der Waals surface area (Å²) in [5.41, 5.74) is 1.95. The summed E-state index contributed by atoms with van der Waals surface area (Å²) in [5, 5.41) is 13.3. The normalized spacial score (nSPS) is 11.2. The van der Waals surface area contributed by atoms with E-state index < -0.39 is 0 Å².